The van der Waals surface area contributed by atoms with Crippen molar-refractivity contribution in [1.29, 1.82) is 0 Å². The Bertz CT molecular complexity index is 531. The fourth-order valence-electron chi connectivity index (χ4n) is 1.51. The van der Waals surface area contributed by atoms with Crippen molar-refractivity contribution in [2.75, 3.05) is 26.8 Å². The third kappa shape index (κ3) is 5.82. The van der Waals surface area contributed by atoms with Crippen LogP contribution in [-0.2, 0) is 9.59 Å². The lowest BCUT2D eigenvalue weighted by Gasteiger charge is -2.11. The highest BCUT2D eigenvalue weighted by Gasteiger charge is 2.09. The zero-order chi connectivity index (χ0) is 16.4. The number of carbonyl (C=O) groups excluding carboxylic acids is 3. The molecule has 0 saturated heterocycles. The molecular weight excluding hydrogens is 288 g/mol. The number of nitrogens with one attached hydrogen (secondary N) is 2. The number of amides is 2. The molecule has 0 radical (unpaired) electrons. The Balaban J connectivity index is 2.60. The molecule has 1 rings (SSSR count). The van der Waals surface area contributed by atoms with E-state index < -0.39 is 5.91 Å². The van der Waals surface area contributed by atoms with Gasteiger partial charge in [0.05, 0.1) is 18.7 Å². The Labute approximate surface area is 129 Å². The third-order valence-electron chi connectivity index (χ3n) is 2.67. The zero-order valence-electron chi connectivity index (χ0n) is 12.7. The Morgan fingerprint density at radius 2 is 2.00 bits per heavy atom. The second kappa shape index (κ2) is 9.38. The lowest BCUT2D eigenvalue weighted by Crippen LogP contribution is -2.37. The van der Waals surface area contributed by atoms with E-state index in [1.165, 1.54) is 7.05 Å². The number of carbonyl (C=O) groups is 3. The van der Waals surface area contributed by atoms with Crippen molar-refractivity contribution in [1.82, 2.24) is 10.6 Å². The van der Waals surface area contributed by atoms with E-state index in [2.05, 4.69) is 10.6 Å². The van der Waals surface area contributed by atoms with Gasteiger partial charge in [0, 0.05) is 13.1 Å². The predicted molar refractivity (Wildman–Crippen MR) is 80.2 cm³/mol. The van der Waals surface area contributed by atoms with Gasteiger partial charge < -0.3 is 20.1 Å². The number of hydrogen-bond acceptors (Lipinski definition) is 5. The molecular formula is C15H20N2O5. The minimum atomic E-state index is -0.458. The molecule has 0 unspecified atom stereocenters. The van der Waals surface area contributed by atoms with E-state index in [0.717, 1.165) is 6.42 Å². The first-order valence-electron chi connectivity index (χ1n) is 6.92. The van der Waals surface area contributed by atoms with Crippen LogP contribution in [0.3, 0.4) is 0 Å². The lowest BCUT2D eigenvalue weighted by molar-refractivity contribution is -0.127. The van der Waals surface area contributed by atoms with Gasteiger partial charge in [-0.3, -0.25) is 14.4 Å². The molecule has 22 heavy (non-hydrogen) atoms. The molecule has 7 heteroatoms. The Hall–Kier alpha value is -2.57. The van der Waals surface area contributed by atoms with E-state index in [-0.39, 0.29) is 24.8 Å². The SMILES string of the molecule is CCCOc1ccc(C=O)c(OCC(=O)NCC(=O)NC)c1. The number of ether oxygens (including phenoxy) is 2. The molecule has 0 fully saturated rings. The monoisotopic (exact) mass is 308 g/mol. The topological polar surface area (TPSA) is 93.7 Å². The highest BCUT2D eigenvalue weighted by molar-refractivity contribution is 5.85. The van der Waals surface area contributed by atoms with Crippen molar-refractivity contribution in [2.45, 2.75) is 13.3 Å². The van der Waals surface area contributed by atoms with Crippen molar-refractivity contribution in [3.63, 3.8) is 0 Å². The molecule has 120 valence electrons. The van der Waals surface area contributed by atoms with Crippen LogP contribution in [0.1, 0.15) is 23.7 Å². The van der Waals surface area contributed by atoms with Gasteiger partial charge in [0.25, 0.3) is 5.91 Å². The second-order valence-corrected chi connectivity index (χ2v) is 4.40. The minimum Gasteiger partial charge on any atom is -0.493 e. The molecule has 0 atom stereocenters. The summed E-state index contributed by atoms with van der Waals surface area (Å²) in [6, 6.07) is 4.79. The fraction of sp³-hybridized carbons (Fsp3) is 0.400. The summed E-state index contributed by atoms with van der Waals surface area (Å²) in [5, 5.41) is 4.78. The van der Waals surface area contributed by atoms with Crippen molar-refractivity contribution >= 4 is 18.1 Å². The number of aldehydes is 1. The van der Waals surface area contributed by atoms with Crippen LogP contribution in [0.15, 0.2) is 18.2 Å². The summed E-state index contributed by atoms with van der Waals surface area (Å²) in [5.41, 5.74) is 0.322. The summed E-state index contributed by atoms with van der Waals surface area (Å²) in [6.07, 6.45) is 1.49. The summed E-state index contributed by atoms with van der Waals surface area (Å²) >= 11 is 0. The van der Waals surface area contributed by atoms with Crippen molar-refractivity contribution in [3.05, 3.63) is 23.8 Å². The number of rotatable bonds is 9. The second-order valence-electron chi connectivity index (χ2n) is 4.40. The number of benzene rings is 1. The first-order valence-corrected chi connectivity index (χ1v) is 6.92. The van der Waals surface area contributed by atoms with Crippen LogP contribution in [-0.4, -0.2) is 44.9 Å². The van der Waals surface area contributed by atoms with Crippen molar-refractivity contribution in [2.24, 2.45) is 0 Å². The molecule has 7 nitrogen and oxygen atoms in total. The van der Waals surface area contributed by atoms with Gasteiger partial charge in [-0.25, -0.2) is 0 Å². The average Bonchev–Trinajstić information content (AvgIpc) is 2.55. The molecule has 0 saturated carbocycles. The molecule has 0 aliphatic heterocycles. The Morgan fingerprint density at radius 3 is 2.64 bits per heavy atom. The first-order chi connectivity index (χ1) is 10.6. The van der Waals surface area contributed by atoms with Gasteiger partial charge in [-0.05, 0) is 18.6 Å². The maximum absolute atomic E-state index is 11.6. The van der Waals surface area contributed by atoms with Gasteiger partial charge in [0.15, 0.2) is 12.9 Å². The van der Waals surface area contributed by atoms with Crippen molar-refractivity contribution < 1.29 is 23.9 Å². The third-order valence-corrected chi connectivity index (χ3v) is 2.67. The van der Waals surface area contributed by atoms with E-state index in [9.17, 15) is 14.4 Å². The number of likely N-dealkylation sites (N-methyl/N-ethyl adjacent to an activating group) is 1. The zero-order valence-corrected chi connectivity index (χ0v) is 12.7. The highest BCUT2D eigenvalue weighted by atomic mass is 16.5. The Morgan fingerprint density at radius 1 is 1.23 bits per heavy atom. The van der Waals surface area contributed by atoms with Gasteiger partial charge >= 0.3 is 0 Å². The van der Waals surface area contributed by atoms with Gasteiger partial charge in [-0.1, -0.05) is 6.92 Å². The van der Waals surface area contributed by atoms with Crippen LogP contribution in [0.25, 0.3) is 0 Å². The van der Waals surface area contributed by atoms with Gasteiger partial charge in [0.2, 0.25) is 5.91 Å². The van der Waals surface area contributed by atoms with E-state index in [4.69, 9.17) is 9.47 Å². The summed E-state index contributed by atoms with van der Waals surface area (Å²) in [4.78, 5) is 33.5. The normalized spacial score (nSPS) is 9.73. The van der Waals surface area contributed by atoms with Crippen LogP contribution in [0.5, 0.6) is 11.5 Å². The van der Waals surface area contributed by atoms with Crippen LogP contribution in [0, 0.1) is 0 Å². The molecule has 1 aromatic carbocycles. The van der Waals surface area contributed by atoms with Gasteiger partial charge in [-0.15, -0.1) is 0 Å². The molecule has 0 spiro atoms. The molecule has 1 aromatic rings. The maximum atomic E-state index is 11.6. The smallest absolute Gasteiger partial charge is 0.258 e. The summed E-state index contributed by atoms with van der Waals surface area (Å²) < 4.78 is 10.8. The average molecular weight is 308 g/mol. The Kier molecular flexibility index (Phi) is 7.45. The largest absolute Gasteiger partial charge is 0.493 e. The highest BCUT2D eigenvalue weighted by Crippen LogP contribution is 2.23. The van der Waals surface area contributed by atoms with E-state index >= 15 is 0 Å². The molecule has 2 amide bonds. The standard InChI is InChI=1S/C15H20N2O5/c1-3-6-21-12-5-4-11(9-18)13(7-12)22-10-15(20)17-8-14(19)16-2/h4-5,7,9H,3,6,8,10H2,1-2H3,(H,16,19)(H,17,20). The molecule has 0 aromatic heterocycles. The predicted octanol–water partition coefficient (Wildman–Crippen LogP) is 0.529. The molecule has 0 aliphatic carbocycles. The van der Waals surface area contributed by atoms with Crippen LogP contribution in [0.2, 0.25) is 0 Å². The van der Waals surface area contributed by atoms with Crippen LogP contribution in [0.4, 0.5) is 0 Å². The molecule has 0 aliphatic rings. The van der Waals surface area contributed by atoms with E-state index in [1.54, 1.807) is 18.2 Å². The van der Waals surface area contributed by atoms with Crippen molar-refractivity contribution in [3.8, 4) is 11.5 Å². The first kappa shape index (κ1) is 17.5. The van der Waals surface area contributed by atoms with Crippen LogP contribution < -0.4 is 20.1 Å². The fourth-order valence-corrected chi connectivity index (χ4v) is 1.51. The quantitative estimate of drug-likeness (QED) is 0.649. The van der Waals surface area contributed by atoms with E-state index in [1.807, 2.05) is 6.92 Å². The minimum absolute atomic E-state index is 0.126. The summed E-state index contributed by atoms with van der Waals surface area (Å²) in [5.74, 6) is 0.0594. The maximum Gasteiger partial charge on any atom is 0.258 e. The summed E-state index contributed by atoms with van der Waals surface area (Å²) in [7, 11) is 1.48. The molecule has 0 bridgehead atoms. The van der Waals surface area contributed by atoms with Gasteiger partial charge in [0.1, 0.15) is 11.5 Å². The lowest BCUT2D eigenvalue weighted by atomic mass is 10.2. The number of hydrogen-bond donors (Lipinski definition) is 2. The van der Waals surface area contributed by atoms with Gasteiger partial charge in [-0.2, -0.15) is 0 Å². The molecule has 0 heterocycles. The summed E-state index contributed by atoms with van der Waals surface area (Å²) in [6.45, 7) is 2.11. The van der Waals surface area contributed by atoms with Crippen LogP contribution >= 0.6 is 0 Å². The molecule has 2 N–H and O–H groups in total. The van der Waals surface area contributed by atoms with E-state index in [0.29, 0.717) is 24.2 Å².